The average molecular weight is 348 g/mol. The predicted molar refractivity (Wildman–Crippen MR) is 92.1 cm³/mol. The van der Waals surface area contributed by atoms with Crippen molar-refractivity contribution in [3.8, 4) is 0 Å². The average Bonchev–Trinajstić information content (AvgIpc) is 3.07. The summed E-state index contributed by atoms with van der Waals surface area (Å²) in [6.07, 6.45) is 1.68. The highest BCUT2D eigenvalue weighted by Gasteiger charge is 2.21. The third-order valence-electron chi connectivity index (χ3n) is 4.17. The number of nitrogens with zero attached hydrogens (tertiary/aromatic N) is 3. The summed E-state index contributed by atoms with van der Waals surface area (Å²) in [7, 11) is 0. The van der Waals surface area contributed by atoms with Gasteiger partial charge in [-0.3, -0.25) is 19.5 Å². The van der Waals surface area contributed by atoms with Crippen molar-refractivity contribution < 1.29 is 4.79 Å². The van der Waals surface area contributed by atoms with E-state index in [0.29, 0.717) is 13.1 Å². The van der Waals surface area contributed by atoms with Crippen molar-refractivity contribution in [3.05, 3.63) is 55.5 Å². The first-order valence-electron chi connectivity index (χ1n) is 7.93. The van der Waals surface area contributed by atoms with E-state index in [4.69, 9.17) is 0 Å². The fraction of sp³-hybridized carbons (Fsp3) is 0.438. The summed E-state index contributed by atoms with van der Waals surface area (Å²) in [6.45, 7) is 4.36. The number of rotatable bonds is 5. The number of carbonyl (C=O) groups excluding carboxylic acids is 1. The zero-order valence-corrected chi connectivity index (χ0v) is 14.1. The zero-order chi connectivity index (χ0) is 16.9. The molecular weight excluding hydrogens is 328 g/mol. The number of H-pyrrole nitrogens is 1. The number of thiophene rings is 1. The molecule has 8 heteroatoms. The summed E-state index contributed by atoms with van der Waals surface area (Å²) in [5.41, 5.74) is 0.414. The predicted octanol–water partition coefficient (Wildman–Crippen LogP) is 0.333. The fourth-order valence-electron chi connectivity index (χ4n) is 2.79. The number of aryl methyl sites for hydroxylation is 1. The third-order valence-corrected chi connectivity index (χ3v) is 4.91. The molecular formula is C16H20N4O3S. The Hall–Kier alpha value is -2.19. The second kappa shape index (κ2) is 7.59. The van der Waals surface area contributed by atoms with Crippen LogP contribution in [-0.4, -0.2) is 51.4 Å². The highest BCUT2D eigenvalue weighted by molar-refractivity contribution is 7.07. The number of aromatic amines is 1. The van der Waals surface area contributed by atoms with Crippen LogP contribution in [0.1, 0.15) is 12.0 Å². The lowest BCUT2D eigenvalue weighted by atomic mass is 10.2. The first-order valence-corrected chi connectivity index (χ1v) is 8.87. The van der Waals surface area contributed by atoms with Crippen molar-refractivity contribution in [2.24, 2.45) is 0 Å². The SMILES string of the molecule is O=C(CCn1ccc(=O)[nH]c1=O)N1CCN(Cc2ccsc2)CC1. The molecule has 0 atom stereocenters. The Labute approximate surface area is 143 Å². The van der Waals surface area contributed by atoms with Crippen LogP contribution in [0.4, 0.5) is 0 Å². The Morgan fingerprint density at radius 1 is 1.17 bits per heavy atom. The van der Waals surface area contributed by atoms with Crippen molar-refractivity contribution in [1.82, 2.24) is 19.4 Å². The molecule has 1 aliphatic rings. The van der Waals surface area contributed by atoms with E-state index in [1.165, 1.54) is 22.4 Å². The van der Waals surface area contributed by atoms with Gasteiger partial charge >= 0.3 is 5.69 Å². The molecule has 0 aliphatic carbocycles. The number of hydrogen-bond donors (Lipinski definition) is 1. The maximum atomic E-state index is 12.3. The van der Waals surface area contributed by atoms with Crippen molar-refractivity contribution in [2.75, 3.05) is 26.2 Å². The van der Waals surface area contributed by atoms with Crippen LogP contribution in [0, 0.1) is 0 Å². The Morgan fingerprint density at radius 3 is 2.62 bits per heavy atom. The van der Waals surface area contributed by atoms with Crippen LogP contribution in [-0.2, 0) is 17.9 Å². The maximum absolute atomic E-state index is 12.3. The zero-order valence-electron chi connectivity index (χ0n) is 13.3. The van der Waals surface area contributed by atoms with Crippen LogP contribution in [0.25, 0.3) is 0 Å². The summed E-state index contributed by atoms with van der Waals surface area (Å²) in [5.74, 6) is 0.0447. The summed E-state index contributed by atoms with van der Waals surface area (Å²) in [4.78, 5) is 41.3. The molecule has 1 fully saturated rings. The van der Waals surface area contributed by atoms with Gasteiger partial charge in [-0.2, -0.15) is 11.3 Å². The molecule has 0 bridgehead atoms. The maximum Gasteiger partial charge on any atom is 0.328 e. The van der Waals surface area contributed by atoms with Crippen molar-refractivity contribution >= 4 is 17.2 Å². The monoisotopic (exact) mass is 348 g/mol. The Bertz CT molecular complexity index is 788. The molecule has 1 aliphatic heterocycles. The van der Waals surface area contributed by atoms with Crippen LogP contribution in [0.2, 0.25) is 0 Å². The highest BCUT2D eigenvalue weighted by Crippen LogP contribution is 2.12. The van der Waals surface area contributed by atoms with Gasteiger partial charge in [0.2, 0.25) is 5.91 Å². The minimum atomic E-state index is -0.476. The number of nitrogens with one attached hydrogen (secondary N) is 1. The largest absolute Gasteiger partial charge is 0.340 e. The van der Waals surface area contributed by atoms with Crippen LogP contribution in [0.3, 0.4) is 0 Å². The summed E-state index contributed by atoms with van der Waals surface area (Å²) in [6, 6.07) is 3.42. The summed E-state index contributed by atoms with van der Waals surface area (Å²) in [5, 5.41) is 4.23. The number of amides is 1. The molecule has 3 heterocycles. The molecule has 2 aromatic rings. The molecule has 0 radical (unpaired) electrons. The van der Waals surface area contributed by atoms with Gasteiger partial charge in [-0.15, -0.1) is 0 Å². The lowest BCUT2D eigenvalue weighted by Crippen LogP contribution is -2.48. The smallest absolute Gasteiger partial charge is 0.328 e. The van der Waals surface area contributed by atoms with Crippen LogP contribution < -0.4 is 11.2 Å². The lowest BCUT2D eigenvalue weighted by Gasteiger charge is -2.34. The molecule has 0 saturated carbocycles. The quantitative estimate of drug-likeness (QED) is 0.845. The van der Waals surface area contributed by atoms with Crippen molar-refractivity contribution in [3.63, 3.8) is 0 Å². The minimum Gasteiger partial charge on any atom is -0.340 e. The number of carbonyl (C=O) groups is 1. The van der Waals surface area contributed by atoms with E-state index in [1.54, 1.807) is 11.3 Å². The molecule has 1 saturated heterocycles. The molecule has 0 aromatic carbocycles. The fourth-order valence-corrected chi connectivity index (χ4v) is 3.45. The number of hydrogen-bond acceptors (Lipinski definition) is 5. The summed E-state index contributed by atoms with van der Waals surface area (Å²) < 4.78 is 1.35. The molecule has 7 nitrogen and oxygen atoms in total. The van der Waals surface area contributed by atoms with Gasteiger partial charge in [-0.1, -0.05) is 0 Å². The normalized spacial score (nSPS) is 15.6. The Morgan fingerprint density at radius 2 is 1.96 bits per heavy atom. The van der Waals surface area contributed by atoms with Gasteiger partial charge in [0.05, 0.1) is 0 Å². The Balaban J connectivity index is 1.46. The van der Waals surface area contributed by atoms with Crippen LogP contribution >= 0.6 is 11.3 Å². The van der Waals surface area contributed by atoms with Crippen molar-refractivity contribution in [2.45, 2.75) is 19.5 Å². The molecule has 0 unspecified atom stereocenters. The molecule has 3 rings (SSSR count). The van der Waals surface area contributed by atoms with E-state index < -0.39 is 11.2 Å². The second-order valence-electron chi connectivity index (χ2n) is 5.84. The molecule has 1 N–H and O–H groups in total. The molecule has 128 valence electrons. The van der Waals surface area contributed by atoms with Crippen molar-refractivity contribution in [1.29, 1.82) is 0 Å². The van der Waals surface area contributed by atoms with Gasteiger partial charge in [0, 0.05) is 58.0 Å². The van der Waals surface area contributed by atoms with E-state index in [2.05, 4.69) is 26.7 Å². The van der Waals surface area contributed by atoms with E-state index in [0.717, 1.165) is 19.6 Å². The van der Waals surface area contributed by atoms with Gasteiger partial charge in [0.1, 0.15) is 0 Å². The first kappa shape index (κ1) is 16.7. The second-order valence-corrected chi connectivity index (χ2v) is 6.62. The molecule has 0 spiro atoms. The van der Waals surface area contributed by atoms with Crippen LogP contribution in [0.5, 0.6) is 0 Å². The highest BCUT2D eigenvalue weighted by atomic mass is 32.1. The Kier molecular flexibility index (Phi) is 5.27. The van der Waals surface area contributed by atoms with Crippen LogP contribution in [0.15, 0.2) is 38.7 Å². The van der Waals surface area contributed by atoms with E-state index in [9.17, 15) is 14.4 Å². The molecule has 24 heavy (non-hydrogen) atoms. The number of piperazine rings is 1. The van der Waals surface area contributed by atoms with E-state index in [1.807, 2.05) is 4.90 Å². The summed E-state index contributed by atoms with van der Waals surface area (Å²) >= 11 is 1.70. The van der Waals surface area contributed by atoms with Gasteiger partial charge in [-0.25, -0.2) is 4.79 Å². The molecule has 1 amide bonds. The standard InChI is InChI=1S/C16H20N4O3S/c21-14-1-4-20(16(23)17-14)5-2-15(22)19-8-6-18(7-9-19)11-13-3-10-24-12-13/h1,3-4,10,12H,2,5-9,11H2,(H,17,21,23). The third kappa shape index (κ3) is 4.21. The van der Waals surface area contributed by atoms with Gasteiger partial charge in [-0.05, 0) is 22.4 Å². The van der Waals surface area contributed by atoms with E-state index in [-0.39, 0.29) is 18.9 Å². The first-order chi connectivity index (χ1) is 11.6. The van der Waals surface area contributed by atoms with Gasteiger partial charge in [0.25, 0.3) is 5.56 Å². The van der Waals surface area contributed by atoms with E-state index >= 15 is 0 Å². The topological polar surface area (TPSA) is 78.4 Å². The lowest BCUT2D eigenvalue weighted by molar-refractivity contribution is -0.133. The molecule has 2 aromatic heterocycles. The minimum absolute atomic E-state index is 0.0447. The van der Waals surface area contributed by atoms with Gasteiger partial charge in [0.15, 0.2) is 0 Å². The number of aromatic nitrogens is 2. The van der Waals surface area contributed by atoms with Gasteiger partial charge < -0.3 is 9.47 Å².